The van der Waals surface area contributed by atoms with E-state index in [0.29, 0.717) is 33.2 Å². The van der Waals surface area contributed by atoms with Crippen molar-refractivity contribution >= 4 is 91.2 Å². The van der Waals surface area contributed by atoms with E-state index < -0.39 is 16.1 Å². The third kappa shape index (κ3) is 6.24. The van der Waals surface area contributed by atoms with Crippen LogP contribution < -0.4 is 0 Å². The van der Waals surface area contributed by atoms with E-state index in [9.17, 15) is 0 Å². The first kappa shape index (κ1) is 36.9. The minimum Gasteiger partial charge on any atom is -0.256 e. The van der Waals surface area contributed by atoms with Crippen molar-refractivity contribution in [3.63, 3.8) is 0 Å². The Morgan fingerprint density at radius 2 is 0.854 bits per heavy atom. The van der Waals surface area contributed by atoms with Crippen LogP contribution >= 0.6 is 31.9 Å². The molecule has 0 fully saturated rings. The van der Waals surface area contributed by atoms with Gasteiger partial charge in [-0.1, -0.05) is 101 Å². The highest BCUT2D eigenvalue weighted by atomic mass is 79.9. The standard InChI is InChI=1S/C43H51Br2NSi2/c1-26(2)47(27(3)4,28(5)6)18-15-35-37-20-32-14-13-17-46-43(32)25-40(37)36(16-19-48(29(7)8,30(9)10)31(11)12)39-22-34-24-42(45)41(44)23-33(34)21-38(35)39/h13-14,17,20-31H,1-12H3. The molecule has 0 unspecified atom stereocenters. The molecule has 0 atom stereocenters. The van der Waals surface area contributed by atoms with E-state index in [4.69, 9.17) is 4.98 Å². The summed E-state index contributed by atoms with van der Waals surface area (Å²) in [6.07, 6.45) is 1.90. The molecular formula is C43H51Br2NSi2. The van der Waals surface area contributed by atoms with Crippen molar-refractivity contribution in [2.75, 3.05) is 0 Å². The maximum absolute atomic E-state index is 4.82. The van der Waals surface area contributed by atoms with E-state index in [-0.39, 0.29) is 0 Å². The van der Waals surface area contributed by atoms with Crippen LogP contribution in [0.25, 0.3) is 43.2 Å². The van der Waals surface area contributed by atoms with Crippen molar-refractivity contribution < 1.29 is 0 Å². The van der Waals surface area contributed by atoms with Crippen LogP contribution in [0.5, 0.6) is 0 Å². The summed E-state index contributed by atoms with van der Waals surface area (Å²) in [6, 6.07) is 18.0. The molecule has 4 aromatic carbocycles. The van der Waals surface area contributed by atoms with Crippen LogP contribution in [0.4, 0.5) is 0 Å². The molecule has 0 aliphatic heterocycles. The Morgan fingerprint density at radius 3 is 1.23 bits per heavy atom. The largest absolute Gasteiger partial charge is 0.256 e. The molecule has 0 N–H and O–H groups in total. The Bertz CT molecular complexity index is 1960. The summed E-state index contributed by atoms with van der Waals surface area (Å²) in [5.41, 5.74) is 14.7. The quantitative estimate of drug-likeness (QED) is 0.0947. The lowest BCUT2D eigenvalue weighted by Gasteiger charge is -2.38. The highest BCUT2D eigenvalue weighted by Gasteiger charge is 2.43. The average Bonchev–Trinajstić information content (AvgIpc) is 3.00. The normalized spacial score (nSPS) is 12.8. The van der Waals surface area contributed by atoms with Gasteiger partial charge >= 0.3 is 0 Å². The molecule has 0 aliphatic rings. The van der Waals surface area contributed by atoms with Gasteiger partial charge in [0.2, 0.25) is 0 Å². The van der Waals surface area contributed by atoms with E-state index in [0.717, 1.165) is 36.4 Å². The van der Waals surface area contributed by atoms with Gasteiger partial charge in [-0.15, -0.1) is 11.1 Å². The third-order valence-electron chi connectivity index (χ3n) is 11.4. The van der Waals surface area contributed by atoms with E-state index in [1.807, 2.05) is 12.3 Å². The Hall–Kier alpha value is -2.42. The number of pyridine rings is 1. The molecule has 250 valence electrons. The Balaban J connectivity index is 2.06. The van der Waals surface area contributed by atoms with Crippen molar-refractivity contribution in [2.45, 2.75) is 116 Å². The lowest BCUT2D eigenvalue weighted by atomic mass is 9.89. The summed E-state index contributed by atoms with van der Waals surface area (Å²) in [4.78, 5) is 4.82. The van der Waals surface area contributed by atoms with Crippen LogP contribution in [0.1, 0.15) is 94.2 Å². The first-order chi connectivity index (χ1) is 22.6. The summed E-state index contributed by atoms with van der Waals surface area (Å²) in [7, 11) is -4.02. The zero-order valence-corrected chi connectivity index (χ0v) is 36.0. The molecule has 0 spiro atoms. The fourth-order valence-electron chi connectivity index (χ4n) is 9.01. The van der Waals surface area contributed by atoms with E-state index >= 15 is 0 Å². The summed E-state index contributed by atoms with van der Waals surface area (Å²) in [6.45, 7) is 28.7. The van der Waals surface area contributed by atoms with Crippen LogP contribution in [0.2, 0.25) is 33.2 Å². The molecule has 1 aromatic heterocycles. The summed E-state index contributed by atoms with van der Waals surface area (Å²) >= 11 is 7.55. The zero-order chi connectivity index (χ0) is 35.3. The number of hydrogen-bond acceptors (Lipinski definition) is 1. The molecule has 1 heterocycles. The predicted molar refractivity (Wildman–Crippen MR) is 226 cm³/mol. The molecular weight excluding hydrogens is 746 g/mol. The minimum absolute atomic E-state index is 0.547. The molecule has 0 bridgehead atoms. The lowest BCUT2D eigenvalue weighted by molar-refractivity contribution is 0.838. The molecule has 1 nitrogen and oxygen atoms in total. The second-order valence-electron chi connectivity index (χ2n) is 15.6. The Morgan fingerprint density at radius 1 is 0.500 bits per heavy atom. The van der Waals surface area contributed by atoms with Gasteiger partial charge in [0.05, 0.1) is 5.52 Å². The topological polar surface area (TPSA) is 12.9 Å². The van der Waals surface area contributed by atoms with Gasteiger partial charge in [0, 0.05) is 37.0 Å². The molecule has 5 heteroatoms. The van der Waals surface area contributed by atoms with Gasteiger partial charge < -0.3 is 0 Å². The van der Waals surface area contributed by atoms with Gasteiger partial charge in [-0.05, 0) is 135 Å². The van der Waals surface area contributed by atoms with Crippen LogP contribution in [-0.4, -0.2) is 21.1 Å². The first-order valence-electron chi connectivity index (χ1n) is 17.7. The maximum Gasteiger partial charge on any atom is 0.146 e. The van der Waals surface area contributed by atoms with E-state index in [2.05, 4.69) is 180 Å². The van der Waals surface area contributed by atoms with E-state index in [1.165, 1.54) is 26.9 Å². The van der Waals surface area contributed by atoms with Gasteiger partial charge in [0.1, 0.15) is 16.1 Å². The van der Waals surface area contributed by atoms with Gasteiger partial charge in [0.25, 0.3) is 0 Å². The fraction of sp³-hybridized carbons (Fsp3) is 0.419. The van der Waals surface area contributed by atoms with Gasteiger partial charge in [-0.2, -0.15) is 0 Å². The highest BCUT2D eigenvalue weighted by molar-refractivity contribution is 9.13. The summed E-state index contributed by atoms with van der Waals surface area (Å²) in [5.74, 6) is 7.90. The van der Waals surface area contributed by atoms with Crippen molar-refractivity contribution in [1.82, 2.24) is 4.98 Å². The number of aromatic nitrogens is 1. The maximum atomic E-state index is 4.82. The predicted octanol–water partition coefficient (Wildman–Crippen LogP) is 14.4. The van der Waals surface area contributed by atoms with Crippen molar-refractivity contribution in [2.24, 2.45) is 0 Å². The number of benzene rings is 4. The first-order valence-corrected chi connectivity index (χ1v) is 23.7. The molecule has 5 rings (SSSR count). The minimum atomic E-state index is -2.01. The molecule has 0 aliphatic carbocycles. The number of rotatable bonds is 6. The molecule has 0 saturated carbocycles. The summed E-state index contributed by atoms with van der Waals surface area (Å²) in [5, 5.41) is 8.22. The SMILES string of the molecule is CC(C)[Si](C#Cc1c2cc3cc(Br)c(Br)cc3cc2c(C#C[Si](C(C)C)(C(C)C)C(C)C)c2cc3ncccc3cc12)(C(C)C)C(C)C. The molecule has 0 amide bonds. The van der Waals surface area contributed by atoms with Crippen molar-refractivity contribution in [3.05, 3.63) is 74.8 Å². The molecule has 0 radical (unpaired) electrons. The molecule has 48 heavy (non-hydrogen) atoms. The number of halogens is 2. The average molecular weight is 798 g/mol. The summed E-state index contributed by atoms with van der Waals surface area (Å²) < 4.78 is 2.10. The zero-order valence-electron chi connectivity index (χ0n) is 30.9. The van der Waals surface area contributed by atoms with E-state index in [1.54, 1.807) is 0 Å². The van der Waals surface area contributed by atoms with Gasteiger partial charge in [-0.3, -0.25) is 4.98 Å². The highest BCUT2D eigenvalue weighted by Crippen LogP contribution is 2.44. The van der Waals surface area contributed by atoms with Crippen LogP contribution in [0.15, 0.2) is 63.7 Å². The van der Waals surface area contributed by atoms with Gasteiger partial charge in [0.15, 0.2) is 0 Å². The molecule has 5 aromatic rings. The smallest absolute Gasteiger partial charge is 0.146 e. The number of nitrogens with zero attached hydrogens (tertiary/aromatic N) is 1. The van der Waals surface area contributed by atoms with Crippen LogP contribution in [0, 0.1) is 22.9 Å². The fourth-order valence-corrected chi connectivity index (χ4v) is 20.1. The Kier molecular flexibility index (Phi) is 10.8. The monoisotopic (exact) mass is 795 g/mol. The molecule has 0 saturated heterocycles. The number of hydrogen-bond donors (Lipinski definition) is 0. The Labute approximate surface area is 308 Å². The van der Waals surface area contributed by atoms with Crippen LogP contribution in [0.3, 0.4) is 0 Å². The third-order valence-corrected chi connectivity index (χ3v) is 25.8. The second-order valence-corrected chi connectivity index (χ2v) is 28.5. The number of fused-ring (bicyclic) bond motifs is 4. The van der Waals surface area contributed by atoms with Gasteiger partial charge in [-0.25, -0.2) is 0 Å². The second kappa shape index (κ2) is 14.1. The van der Waals surface area contributed by atoms with Crippen LogP contribution in [-0.2, 0) is 0 Å². The lowest BCUT2D eigenvalue weighted by Crippen LogP contribution is -2.43. The van der Waals surface area contributed by atoms with Crippen molar-refractivity contribution in [3.8, 4) is 22.9 Å². The van der Waals surface area contributed by atoms with Crippen molar-refractivity contribution in [1.29, 1.82) is 0 Å².